The van der Waals surface area contributed by atoms with Crippen LogP contribution in [0.3, 0.4) is 0 Å². The van der Waals surface area contributed by atoms with Crippen LogP contribution in [-0.2, 0) is 5.88 Å². The molecule has 2 aromatic carbocycles. The molecule has 0 fully saturated rings. The fourth-order valence-electron chi connectivity index (χ4n) is 2.96. The van der Waals surface area contributed by atoms with E-state index < -0.39 is 0 Å². The first-order valence-corrected chi connectivity index (χ1v) is 8.23. The standard InChI is InChI=1S/C18H15NO3S/c1-21-15-8-13-14-7-11-5-3-4-6-12(11)18(20)19(14)10-23-17(13)9-16(15)22-2/h3-9H,10H2,1-2H3. The molecule has 0 saturated heterocycles. The van der Waals surface area contributed by atoms with E-state index >= 15 is 0 Å². The molecule has 0 N–H and O–H groups in total. The number of benzene rings is 2. The van der Waals surface area contributed by atoms with E-state index in [1.807, 2.05) is 41.0 Å². The number of nitrogens with zero attached hydrogens (tertiary/aromatic N) is 1. The number of thioether (sulfide) groups is 1. The Morgan fingerprint density at radius 3 is 2.57 bits per heavy atom. The summed E-state index contributed by atoms with van der Waals surface area (Å²) in [4.78, 5) is 13.8. The van der Waals surface area contributed by atoms with Crippen LogP contribution in [0.5, 0.6) is 11.5 Å². The molecule has 4 rings (SSSR count). The summed E-state index contributed by atoms with van der Waals surface area (Å²) in [5, 5.41) is 1.71. The summed E-state index contributed by atoms with van der Waals surface area (Å²) >= 11 is 1.63. The molecule has 0 spiro atoms. The Labute approximate surface area is 137 Å². The lowest BCUT2D eigenvalue weighted by Gasteiger charge is -2.23. The third-order valence-electron chi connectivity index (χ3n) is 4.13. The van der Waals surface area contributed by atoms with Crippen LogP contribution in [0.4, 0.5) is 0 Å². The Morgan fingerprint density at radius 1 is 1.04 bits per heavy atom. The molecule has 1 aliphatic rings. The van der Waals surface area contributed by atoms with Gasteiger partial charge in [0.25, 0.3) is 5.56 Å². The molecule has 5 heteroatoms. The van der Waals surface area contributed by atoms with Gasteiger partial charge >= 0.3 is 0 Å². The van der Waals surface area contributed by atoms with Crippen molar-refractivity contribution in [3.63, 3.8) is 0 Å². The Kier molecular flexibility index (Phi) is 3.31. The van der Waals surface area contributed by atoms with Crippen LogP contribution in [0.2, 0.25) is 0 Å². The van der Waals surface area contributed by atoms with Crippen LogP contribution < -0.4 is 15.0 Å². The van der Waals surface area contributed by atoms with Gasteiger partial charge in [-0.2, -0.15) is 0 Å². The fourth-order valence-corrected chi connectivity index (χ4v) is 4.00. The molecule has 0 atom stereocenters. The largest absolute Gasteiger partial charge is 0.493 e. The lowest BCUT2D eigenvalue weighted by molar-refractivity contribution is 0.354. The van der Waals surface area contributed by atoms with Crippen molar-refractivity contribution in [3.05, 3.63) is 52.8 Å². The van der Waals surface area contributed by atoms with Crippen molar-refractivity contribution in [1.82, 2.24) is 4.57 Å². The van der Waals surface area contributed by atoms with Gasteiger partial charge in [0, 0.05) is 15.8 Å². The molecule has 4 nitrogen and oxygen atoms in total. The maximum Gasteiger partial charge on any atom is 0.259 e. The number of ether oxygens (including phenoxy) is 2. The number of aromatic nitrogens is 1. The average molecular weight is 325 g/mol. The maximum atomic E-state index is 12.8. The number of fused-ring (bicyclic) bond motifs is 4. The molecule has 0 unspecified atom stereocenters. The minimum Gasteiger partial charge on any atom is -0.493 e. The monoisotopic (exact) mass is 325 g/mol. The van der Waals surface area contributed by atoms with Gasteiger partial charge in [-0.3, -0.25) is 9.36 Å². The average Bonchev–Trinajstić information content (AvgIpc) is 2.60. The highest BCUT2D eigenvalue weighted by Gasteiger charge is 2.21. The summed E-state index contributed by atoms with van der Waals surface area (Å²) in [6.07, 6.45) is 0. The Balaban J connectivity index is 2.04. The zero-order valence-corrected chi connectivity index (χ0v) is 13.6. The molecular formula is C18H15NO3S. The first-order chi connectivity index (χ1) is 11.2. The second kappa shape index (κ2) is 5.35. The van der Waals surface area contributed by atoms with Gasteiger partial charge in [0.1, 0.15) is 0 Å². The molecule has 2 heterocycles. The van der Waals surface area contributed by atoms with Crippen LogP contribution in [0, 0.1) is 0 Å². The van der Waals surface area contributed by atoms with Crippen molar-refractivity contribution in [1.29, 1.82) is 0 Å². The van der Waals surface area contributed by atoms with E-state index in [4.69, 9.17) is 9.47 Å². The summed E-state index contributed by atoms with van der Waals surface area (Å²) in [6, 6.07) is 13.7. The van der Waals surface area contributed by atoms with E-state index in [0.29, 0.717) is 17.4 Å². The Morgan fingerprint density at radius 2 is 1.78 bits per heavy atom. The minimum atomic E-state index is 0.0473. The number of rotatable bonds is 2. The topological polar surface area (TPSA) is 40.5 Å². The van der Waals surface area contributed by atoms with E-state index in [9.17, 15) is 4.79 Å². The van der Waals surface area contributed by atoms with Gasteiger partial charge in [0.05, 0.1) is 25.8 Å². The van der Waals surface area contributed by atoms with Crippen molar-refractivity contribution in [2.24, 2.45) is 0 Å². The van der Waals surface area contributed by atoms with Gasteiger partial charge in [-0.25, -0.2) is 0 Å². The molecule has 0 aliphatic carbocycles. The second-order valence-corrected chi connectivity index (χ2v) is 6.31. The summed E-state index contributed by atoms with van der Waals surface area (Å²) in [6.45, 7) is 0. The van der Waals surface area contributed by atoms with Crippen LogP contribution in [0.25, 0.3) is 22.0 Å². The van der Waals surface area contributed by atoms with E-state index in [1.54, 1.807) is 26.0 Å². The summed E-state index contributed by atoms with van der Waals surface area (Å²) < 4.78 is 12.6. The van der Waals surface area contributed by atoms with Gasteiger partial charge in [0.2, 0.25) is 0 Å². The quantitative estimate of drug-likeness (QED) is 0.719. The summed E-state index contributed by atoms with van der Waals surface area (Å²) in [5.74, 6) is 1.97. The van der Waals surface area contributed by atoms with Crippen LogP contribution >= 0.6 is 11.8 Å². The predicted octanol–water partition coefficient (Wildman–Crippen LogP) is 3.75. The SMILES string of the molecule is COc1cc2c(cc1OC)-c1cc3ccccc3c(=O)n1CS2. The van der Waals surface area contributed by atoms with Gasteiger partial charge in [0.15, 0.2) is 11.5 Å². The van der Waals surface area contributed by atoms with Crippen molar-refractivity contribution >= 4 is 22.5 Å². The Hall–Kier alpha value is -2.40. The molecular weight excluding hydrogens is 310 g/mol. The smallest absolute Gasteiger partial charge is 0.259 e. The van der Waals surface area contributed by atoms with E-state index in [-0.39, 0.29) is 5.56 Å². The summed E-state index contributed by atoms with van der Waals surface area (Å²) in [5.41, 5.74) is 1.97. The maximum absolute atomic E-state index is 12.8. The van der Waals surface area contributed by atoms with Gasteiger partial charge in [-0.05, 0) is 29.7 Å². The van der Waals surface area contributed by atoms with Crippen LogP contribution in [-0.4, -0.2) is 18.8 Å². The third kappa shape index (κ3) is 2.11. The Bertz CT molecular complexity index is 978. The molecule has 0 saturated carbocycles. The van der Waals surface area contributed by atoms with Crippen molar-refractivity contribution in [2.75, 3.05) is 14.2 Å². The molecule has 0 bridgehead atoms. The highest BCUT2D eigenvalue weighted by atomic mass is 32.2. The van der Waals surface area contributed by atoms with E-state index in [2.05, 4.69) is 6.07 Å². The molecule has 23 heavy (non-hydrogen) atoms. The highest BCUT2D eigenvalue weighted by Crippen LogP contribution is 2.43. The minimum absolute atomic E-state index is 0.0473. The van der Waals surface area contributed by atoms with Crippen molar-refractivity contribution < 1.29 is 9.47 Å². The predicted molar refractivity (Wildman–Crippen MR) is 92.6 cm³/mol. The number of methoxy groups -OCH3 is 2. The highest BCUT2D eigenvalue weighted by molar-refractivity contribution is 7.98. The van der Waals surface area contributed by atoms with Gasteiger partial charge < -0.3 is 9.47 Å². The number of pyridine rings is 1. The van der Waals surface area contributed by atoms with E-state index in [1.165, 1.54) is 0 Å². The van der Waals surface area contributed by atoms with Gasteiger partial charge in [-0.1, -0.05) is 18.2 Å². The molecule has 1 aliphatic heterocycles. The first-order valence-electron chi connectivity index (χ1n) is 7.24. The zero-order chi connectivity index (χ0) is 16.0. The fraction of sp³-hybridized carbons (Fsp3) is 0.167. The molecule has 3 aromatic rings. The normalized spacial score (nSPS) is 12.6. The molecule has 0 radical (unpaired) electrons. The second-order valence-electron chi connectivity index (χ2n) is 5.33. The zero-order valence-electron chi connectivity index (χ0n) is 12.8. The van der Waals surface area contributed by atoms with Crippen molar-refractivity contribution in [2.45, 2.75) is 10.8 Å². The van der Waals surface area contributed by atoms with E-state index in [0.717, 1.165) is 26.9 Å². The van der Waals surface area contributed by atoms with Crippen LogP contribution in [0.1, 0.15) is 0 Å². The summed E-state index contributed by atoms with van der Waals surface area (Å²) in [7, 11) is 3.25. The van der Waals surface area contributed by atoms with Gasteiger partial charge in [-0.15, -0.1) is 11.8 Å². The lowest BCUT2D eigenvalue weighted by Crippen LogP contribution is -2.23. The molecule has 1 aromatic heterocycles. The first kappa shape index (κ1) is 14.2. The number of hydrogen-bond acceptors (Lipinski definition) is 4. The molecule has 0 amide bonds. The lowest BCUT2D eigenvalue weighted by atomic mass is 10.1. The third-order valence-corrected chi connectivity index (χ3v) is 5.17. The van der Waals surface area contributed by atoms with Crippen molar-refractivity contribution in [3.8, 4) is 22.8 Å². The number of hydrogen-bond donors (Lipinski definition) is 0. The molecule has 116 valence electrons. The van der Waals surface area contributed by atoms with Crippen LogP contribution in [0.15, 0.2) is 52.2 Å².